The molecule has 1 unspecified atom stereocenters. The molecule has 0 N–H and O–H groups in total. The van der Waals surface area contributed by atoms with E-state index in [-0.39, 0.29) is 22.3 Å². The first-order valence-electron chi connectivity index (χ1n) is 9.70. The zero-order chi connectivity index (χ0) is 20.3. The number of allylic oxidation sites excluding steroid dienone is 1. The average molecular weight is 392 g/mol. The molecule has 1 aliphatic heterocycles. The van der Waals surface area contributed by atoms with Crippen LogP contribution in [0.1, 0.15) is 50.2 Å². The number of benzene rings is 2. The third kappa shape index (κ3) is 4.08. The first-order chi connectivity index (χ1) is 13.4. The third-order valence-corrected chi connectivity index (χ3v) is 5.24. The quantitative estimate of drug-likeness (QED) is 0.374. The van der Waals surface area contributed by atoms with Crippen molar-refractivity contribution in [2.24, 2.45) is 5.92 Å². The Morgan fingerprint density at radius 1 is 0.857 bits per heavy atom. The molecule has 0 fully saturated rings. The molecule has 1 aliphatic rings. The van der Waals surface area contributed by atoms with Gasteiger partial charge in [0, 0.05) is 11.1 Å². The summed E-state index contributed by atoms with van der Waals surface area (Å²) in [5.41, 5.74) is -0.513. The number of hydrogen-bond donors (Lipinski definition) is 0. The second kappa shape index (κ2) is 8.80. The van der Waals surface area contributed by atoms with Gasteiger partial charge in [0.2, 0.25) is 0 Å². The molecule has 28 heavy (non-hydrogen) atoms. The summed E-state index contributed by atoms with van der Waals surface area (Å²) < 4.78 is 63.0. The predicted octanol–water partition coefficient (Wildman–Crippen LogP) is 7.18. The number of aryl methyl sites for hydroxylation is 1. The molecule has 0 amide bonds. The van der Waals surface area contributed by atoms with Crippen LogP contribution in [-0.2, 0) is 4.74 Å². The van der Waals surface area contributed by atoms with Gasteiger partial charge in [-0.3, -0.25) is 0 Å². The lowest BCUT2D eigenvalue weighted by Gasteiger charge is -2.23. The van der Waals surface area contributed by atoms with Gasteiger partial charge in [0.05, 0.1) is 12.2 Å². The lowest BCUT2D eigenvalue weighted by molar-refractivity contribution is 0.190. The Morgan fingerprint density at radius 2 is 1.46 bits per heavy atom. The van der Waals surface area contributed by atoms with Crippen molar-refractivity contribution in [3.05, 3.63) is 64.7 Å². The lowest BCUT2D eigenvalue weighted by Crippen LogP contribution is -2.14. The van der Waals surface area contributed by atoms with Crippen LogP contribution in [0.25, 0.3) is 16.9 Å². The highest BCUT2D eigenvalue weighted by Gasteiger charge is 2.24. The van der Waals surface area contributed by atoms with E-state index < -0.39 is 23.3 Å². The number of unbranched alkanes of at least 4 members (excludes halogenated alkanes) is 2. The van der Waals surface area contributed by atoms with E-state index in [0.29, 0.717) is 18.3 Å². The summed E-state index contributed by atoms with van der Waals surface area (Å²) in [4.78, 5) is 0. The van der Waals surface area contributed by atoms with Gasteiger partial charge in [-0.15, -0.1) is 0 Å². The second-order valence-electron chi connectivity index (χ2n) is 7.32. The molecule has 0 spiro atoms. The van der Waals surface area contributed by atoms with E-state index in [1.54, 1.807) is 6.08 Å². The Hall–Kier alpha value is -2.30. The van der Waals surface area contributed by atoms with Crippen LogP contribution in [0, 0.1) is 36.1 Å². The molecule has 0 saturated carbocycles. The molecule has 1 atom stereocenters. The van der Waals surface area contributed by atoms with E-state index in [0.717, 1.165) is 25.7 Å². The van der Waals surface area contributed by atoms with E-state index >= 15 is 0 Å². The van der Waals surface area contributed by atoms with Crippen LogP contribution in [0.15, 0.2) is 30.3 Å². The van der Waals surface area contributed by atoms with Crippen LogP contribution in [0.3, 0.4) is 0 Å². The monoisotopic (exact) mass is 392 g/mol. The second-order valence-corrected chi connectivity index (χ2v) is 7.32. The normalized spacial score (nSPS) is 16.6. The van der Waals surface area contributed by atoms with E-state index in [2.05, 4.69) is 6.92 Å². The van der Waals surface area contributed by atoms with Crippen molar-refractivity contribution >= 4 is 5.76 Å². The summed E-state index contributed by atoms with van der Waals surface area (Å²) in [5, 5.41) is 0. The highest BCUT2D eigenvalue weighted by molar-refractivity contribution is 5.70. The van der Waals surface area contributed by atoms with Gasteiger partial charge in [0.25, 0.3) is 0 Å². The van der Waals surface area contributed by atoms with E-state index in [1.165, 1.54) is 37.6 Å². The fourth-order valence-electron chi connectivity index (χ4n) is 3.48. The molecule has 1 nitrogen and oxygen atoms in total. The zero-order valence-electron chi connectivity index (χ0n) is 16.1. The molecule has 150 valence electrons. The van der Waals surface area contributed by atoms with Crippen LogP contribution in [-0.4, -0.2) is 6.61 Å². The fourth-order valence-corrected chi connectivity index (χ4v) is 3.48. The van der Waals surface area contributed by atoms with Gasteiger partial charge in [0.1, 0.15) is 5.76 Å². The Morgan fingerprint density at radius 3 is 2.11 bits per heavy atom. The fraction of sp³-hybridized carbons (Fsp3) is 0.391. The zero-order valence-corrected chi connectivity index (χ0v) is 16.1. The molecule has 5 heteroatoms. The lowest BCUT2D eigenvalue weighted by atomic mass is 9.95. The van der Waals surface area contributed by atoms with Crippen molar-refractivity contribution in [2.45, 2.75) is 46.0 Å². The maximum atomic E-state index is 14.7. The number of halogens is 4. The van der Waals surface area contributed by atoms with Crippen molar-refractivity contribution in [1.29, 1.82) is 0 Å². The number of ether oxygens (including phenoxy) is 1. The summed E-state index contributed by atoms with van der Waals surface area (Å²) in [7, 11) is 0. The maximum absolute atomic E-state index is 14.7. The van der Waals surface area contributed by atoms with Gasteiger partial charge in [-0.1, -0.05) is 44.4 Å². The Balaban J connectivity index is 1.85. The molecular weight excluding hydrogens is 368 g/mol. The molecule has 1 heterocycles. The Kier molecular flexibility index (Phi) is 6.42. The molecule has 2 aromatic carbocycles. The van der Waals surface area contributed by atoms with Crippen LogP contribution in [0.2, 0.25) is 0 Å². The Bertz CT molecular complexity index is 889. The average Bonchev–Trinajstić information content (AvgIpc) is 2.70. The van der Waals surface area contributed by atoms with Crippen molar-refractivity contribution in [3.63, 3.8) is 0 Å². The smallest absolute Gasteiger partial charge is 0.170 e. The number of rotatable bonds is 6. The predicted molar refractivity (Wildman–Crippen MR) is 103 cm³/mol. The highest BCUT2D eigenvalue weighted by Crippen LogP contribution is 2.34. The molecule has 0 bridgehead atoms. The van der Waals surface area contributed by atoms with Crippen molar-refractivity contribution in [1.82, 2.24) is 0 Å². The summed E-state index contributed by atoms with van der Waals surface area (Å²) in [5.74, 6) is -3.90. The minimum Gasteiger partial charge on any atom is -0.493 e. The van der Waals surface area contributed by atoms with Crippen LogP contribution < -0.4 is 0 Å². The van der Waals surface area contributed by atoms with Gasteiger partial charge in [-0.05, 0) is 43.4 Å². The van der Waals surface area contributed by atoms with E-state index in [4.69, 9.17) is 4.74 Å². The summed E-state index contributed by atoms with van der Waals surface area (Å²) in [6, 6.07) is 5.21. The SMILES string of the molecule is CCCCCC1CC=C(c2ccc(-c3ccc(C)c(F)c3F)c(F)c2F)OC1. The van der Waals surface area contributed by atoms with Gasteiger partial charge in [-0.25, -0.2) is 17.6 Å². The first-order valence-corrected chi connectivity index (χ1v) is 9.70. The van der Waals surface area contributed by atoms with Gasteiger partial charge >= 0.3 is 0 Å². The molecular formula is C23H24F4O. The molecule has 0 aliphatic carbocycles. The van der Waals surface area contributed by atoms with Crippen molar-refractivity contribution < 1.29 is 22.3 Å². The topological polar surface area (TPSA) is 9.23 Å². The van der Waals surface area contributed by atoms with Gasteiger partial charge in [0.15, 0.2) is 23.3 Å². The highest BCUT2D eigenvalue weighted by atomic mass is 19.2. The van der Waals surface area contributed by atoms with Crippen LogP contribution in [0.5, 0.6) is 0 Å². The van der Waals surface area contributed by atoms with E-state index in [9.17, 15) is 17.6 Å². The summed E-state index contributed by atoms with van der Waals surface area (Å²) in [6.07, 6.45) is 7.03. The van der Waals surface area contributed by atoms with Crippen molar-refractivity contribution in [2.75, 3.05) is 6.61 Å². The summed E-state index contributed by atoms with van der Waals surface area (Å²) in [6.45, 7) is 4.02. The molecule has 0 radical (unpaired) electrons. The first kappa shape index (κ1) is 20.4. The molecule has 2 aromatic rings. The minimum absolute atomic E-state index is 0.00116. The molecule has 0 aromatic heterocycles. The molecule has 0 saturated heterocycles. The standard InChI is InChI=1S/C23H24F4O/c1-3-4-5-6-15-8-12-19(28-13-15)18-11-10-17(22(26)23(18)27)16-9-7-14(2)20(24)21(16)25/h7,9-12,15H,3-6,8,13H2,1-2H3. The third-order valence-electron chi connectivity index (χ3n) is 5.24. The van der Waals surface area contributed by atoms with Crippen LogP contribution in [0.4, 0.5) is 17.6 Å². The number of hydrogen-bond acceptors (Lipinski definition) is 1. The molecule has 3 rings (SSSR count). The minimum atomic E-state index is -1.21. The van der Waals surface area contributed by atoms with Gasteiger partial charge in [-0.2, -0.15) is 0 Å². The summed E-state index contributed by atoms with van der Waals surface area (Å²) >= 11 is 0. The van der Waals surface area contributed by atoms with E-state index in [1.807, 2.05) is 0 Å². The largest absolute Gasteiger partial charge is 0.493 e. The van der Waals surface area contributed by atoms with Crippen molar-refractivity contribution in [3.8, 4) is 11.1 Å². The maximum Gasteiger partial charge on any atom is 0.170 e. The van der Waals surface area contributed by atoms with Gasteiger partial charge < -0.3 is 4.74 Å². The Labute approximate surface area is 163 Å². The van der Waals surface area contributed by atoms with Crippen LogP contribution >= 0.6 is 0 Å².